The number of amides is 1. The molecule has 0 radical (unpaired) electrons. The molecule has 0 aliphatic carbocycles. The van der Waals surface area contributed by atoms with Crippen molar-refractivity contribution in [3.8, 4) is 11.5 Å². The highest BCUT2D eigenvalue weighted by atomic mass is 19.1. The minimum atomic E-state index is -0.978. The zero-order valence-electron chi connectivity index (χ0n) is 29.8. The monoisotopic (exact) mass is 738 g/mol. The Bertz CT molecular complexity index is 1670. The molecule has 3 aromatic rings. The lowest BCUT2D eigenvalue weighted by Gasteiger charge is -2.41. The molecule has 2 fully saturated rings. The molecule has 0 saturated carbocycles. The Morgan fingerprint density at radius 3 is 2.66 bits per heavy atom. The van der Waals surface area contributed by atoms with Gasteiger partial charge in [-0.25, -0.2) is 9.18 Å². The molecule has 53 heavy (non-hydrogen) atoms. The second-order valence-corrected chi connectivity index (χ2v) is 13.4. The highest BCUT2D eigenvalue weighted by Gasteiger charge is 2.40. The molecule has 4 atom stereocenters. The molecule has 1 amide bonds. The number of hydrogen-bond acceptors (Lipinski definition) is 12. The van der Waals surface area contributed by atoms with E-state index in [2.05, 4.69) is 20.7 Å². The summed E-state index contributed by atoms with van der Waals surface area (Å²) in [7, 11) is 1.69. The fraction of sp³-hybridized carbons (Fsp3) is 0.500. The van der Waals surface area contributed by atoms with Crippen LogP contribution in [0.15, 0.2) is 66.7 Å². The van der Waals surface area contributed by atoms with Crippen LogP contribution in [0.25, 0.3) is 0 Å². The number of carbonyl (C=O) groups excluding carboxylic acids is 1. The van der Waals surface area contributed by atoms with Crippen LogP contribution in [0, 0.1) is 15.9 Å². The second-order valence-electron chi connectivity index (χ2n) is 13.4. The molecule has 6 rings (SSSR count). The van der Waals surface area contributed by atoms with E-state index in [0.29, 0.717) is 25.5 Å². The molecule has 14 nitrogen and oxygen atoms in total. The van der Waals surface area contributed by atoms with Gasteiger partial charge in [0.05, 0.1) is 63.9 Å². The van der Waals surface area contributed by atoms with Crippen molar-refractivity contribution < 1.29 is 47.9 Å². The predicted octanol–water partition coefficient (Wildman–Crippen LogP) is 4.80. The largest absolute Gasteiger partial charge is 0.490 e. The summed E-state index contributed by atoms with van der Waals surface area (Å²) in [6.07, 6.45) is -0.473. The smallest absolute Gasteiger partial charge is 0.409 e. The van der Waals surface area contributed by atoms with Crippen molar-refractivity contribution in [1.82, 2.24) is 4.90 Å². The Hall–Kier alpha value is -4.86. The SMILES string of the molecule is COCCCN1CCOc2ccc(COC3CN(C(=O)OCCCO[N+](=O)[O-])CC(O)C3c3ccc(OC4CCN(c5cccc(F)c5)C4)cc3)cc21. The van der Waals surface area contributed by atoms with Crippen molar-refractivity contribution in [3.63, 3.8) is 0 Å². The normalized spacial score (nSPS) is 21.2. The first kappa shape index (κ1) is 37.9. The number of hydrogen-bond donors (Lipinski definition) is 1. The van der Waals surface area contributed by atoms with E-state index in [4.69, 9.17) is 23.7 Å². The summed E-state index contributed by atoms with van der Waals surface area (Å²) < 4.78 is 43.1. The average Bonchev–Trinajstić information content (AvgIpc) is 3.62. The van der Waals surface area contributed by atoms with Gasteiger partial charge in [-0.2, -0.15) is 0 Å². The molecule has 286 valence electrons. The number of β-amino-alcohol motifs (C(OH)–C–C–N with tert-alkyl or cyclic N) is 1. The Labute approximate surface area is 308 Å². The van der Waals surface area contributed by atoms with Crippen LogP contribution in [0.2, 0.25) is 0 Å². The molecule has 15 heteroatoms. The van der Waals surface area contributed by atoms with Crippen LogP contribution < -0.4 is 19.3 Å². The number of methoxy groups -OCH3 is 1. The molecule has 3 heterocycles. The minimum Gasteiger partial charge on any atom is -0.490 e. The third-order valence-electron chi connectivity index (χ3n) is 9.70. The van der Waals surface area contributed by atoms with Crippen molar-refractivity contribution in [3.05, 3.63) is 93.8 Å². The van der Waals surface area contributed by atoms with E-state index in [1.807, 2.05) is 42.5 Å². The average molecular weight is 739 g/mol. The Morgan fingerprint density at radius 1 is 1.02 bits per heavy atom. The van der Waals surface area contributed by atoms with Crippen LogP contribution in [0.1, 0.15) is 36.3 Å². The predicted molar refractivity (Wildman–Crippen MR) is 193 cm³/mol. The van der Waals surface area contributed by atoms with Gasteiger partial charge in [0, 0.05) is 51.3 Å². The van der Waals surface area contributed by atoms with E-state index < -0.39 is 29.3 Å². The fourth-order valence-electron chi connectivity index (χ4n) is 7.12. The molecule has 1 N–H and O–H groups in total. The summed E-state index contributed by atoms with van der Waals surface area (Å²) in [5.41, 5.74) is 3.55. The lowest BCUT2D eigenvalue weighted by atomic mass is 9.84. The number of anilines is 2. The number of ether oxygens (including phenoxy) is 5. The van der Waals surface area contributed by atoms with Crippen molar-refractivity contribution in [1.29, 1.82) is 0 Å². The van der Waals surface area contributed by atoms with Crippen molar-refractivity contribution in [2.45, 2.75) is 50.1 Å². The molecule has 0 aromatic heterocycles. The molecule has 0 spiro atoms. The standard InChI is InChI=1S/C38H47FN4O10/c1-48-17-3-14-40-16-20-49-35-12-7-27(21-33(35)40)26-51-36-25-42(38(45)50-18-4-19-52-43(46)47)24-34(44)37(36)28-8-10-31(11-9-28)53-32-13-15-41(23-32)30-6-2-5-29(39)22-30/h2,5-12,21-22,32,34,36-37,44H,3-4,13-20,23-26H2,1H3. The lowest BCUT2D eigenvalue weighted by molar-refractivity contribution is -0.757. The quantitative estimate of drug-likeness (QED) is 0.122. The van der Waals surface area contributed by atoms with Gasteiger partial charge in [-0.1, -0.05) is 24.3 Å². The van der Waals surface area contributed by atoms with Gasteiger partial charge in [0.2, 0.25) is 0 Å². The zero-order chi connectivity index (χ0) is 37.2. The number of piperidine rings is 1. The van der Waals surface area contributed by atoms with Gasteiger partial charge in [-0.3, -0.25) is 0 Å². The summed E-state index contributed by atoms with van der Waals surface area (Å²) in [6, 6.07) is 20.1. The van der Waals surface area contributed by atoms with E-state index in [1.54, 1.807) is 13.2 Å². The summed E-state index contributed by atoms with van der Waals surface area (Å²) in [4.78, 5) is 33.5. The zero-order valence-corrected chi connectivity index (χ0v) is 29.8. The van der Waals surface area contributed by atoms with Gasteiger partial charge in [0.25, 0.3) is 5.09 Å². The van der Waals surface area contributed by atoms with E-state index in [-0.39, 0.29) is 51.3 Å². The number of rotatable bonds is 16. The molecule has 0 bridgehead atoms. The molecule has 3 aliphatic heterocycles. The first-order chi connectivity index (χ1) is 25.8. The summed E-state index contributed by atoms with van der Waals surface area (Å²) in [6.45, 7) is 4.36. The van der Waals surface area contributed by atoms with Crippen LogP contribution in [0.3, 0.4) is 0 Å². The van der Waals surface area contributed by atoms with Crippen molar-refractivity contribution in [2.24, 2.45) is 0 Å². The maximum absolute atomic E-state index is 13.8. The van der Waals surface area contributed by atoms with Gasteiger partial charge in [-0.15, -0.1) is 10.1 Å². The summed E-state index contributed by atoms with van der Waals surface area (Å²) in [5, 5.41) is 21.0. The van der Waals surface area contributed by atoms with Crippen LogP contribution in [-0.4, -0.2) is 112 Å². The Balaban J connectivity index is 1.13. The highest BCUT2D eigenvalue weighted by Crippen LogP contribution is 2.36. The highest BCUT2D eigenvalue weighted by molar-refractivity contribution is 5.68. The lowest BCUT2D eigenvalue weighted by Crippen LogP contribution is -2.53. The Morgan fingerprint density at radius 2 is 1.87 bits per heavy atom. The van der Waals surface area contributed by atoms with Crippen LogP contribution in [-0.2, 0) is 25.7 Å². The number of aliphatic hydroxyl groups is 1. The maximum atomic E-state index is 13.8. The first-order valence-electron chi connectivity index (χ1n) is 18.0. The molecular weight excluding hydrogens is 691 g/mol. The molecule has 3 aromatic carbocycles. The van der Waals surface area contributed by atoms with Crippen LogP contribution >= 0.6 is 0 Å². The van der Waals surface area contributed by atoms with Gasteiger partial charge in [0.15, 0.2) is 0 Å². The van der Waals surface area contributed by atoms with E-state index in [0.717, 1.165) is 60.7 Å². The number of aliphatic hydroxyl groups excluding tert-OH is 1. The number of nitrogens with zero attached hydrogens (tertiary/aromatic N) is 4. The van der Waals surface area contributed by atoms with E-state index >= 15 is 0 Å². The fourth-order valence-corrected chi connectivity index (χ4v) is 7.12. The summed E-state index contributed by atoms with van der Waals surface area (Å²) >= 11 is 0. The summed E-state index contributed by atoms with van der Waals surface area (Å²) in [5.74, 6) is 0.748. The number of likely N-dealkylation sites (tertiary alicyclic amines) is 1. The van der Waals surface area contributed by atoms with Gasteiger partial charge < -0.3 is 48.3 Å². The molecule has 3 aliphatic rings. The molecular formula is C38H47FN4O10. The van der Waals surface area contributed by atoms with E-state index in [1.165, 1.54) is 17.0 Å². The van der Waals surface area contributed by atoms with Gasteiger partial charge in [-0.05, 0) is 60.0 Å². The van der Waals surface area contributed by atoms with Crippen LogP contribution in [0.4, 0.5) is 20.6 Å². The first-order valence-corrected chi connectivity index (χ1v) is 18.0. The van der Waals surface area contributed by atoms with Crippen molar-refractivity contribution >= 4 is 17.5 Å². The number of halogens is 1. The van der Waals surface area contributed by atoms with E-state index in [9.17, 15) is 24.4 Å². The number of benzene rings is 3. The van der Waals surface area contributed by atoms with Crippen LogP contribution in [0.5, 0.6) is 11.5 Å². The Kier molecular flexibility index (Phi) is 13.0. The number of fused-ring (bicyclic) bond motifs is 1. The third kappa shape index (κ3) is 10.2. The number of carbonyl (C=O) groups is 1. The molecule has 4 unspecified atom stereocenters. The maximum Gasteiger partial charge on any atom is 0.409 e. The van der Waals surface area contributed by atoms with Crippen molar-refractivity contribution in [2.75, 3.05) is 82.6 Å². The topological polar surface area (TPSA) is 146 Å². The minimum absolute atomic E-state index is 0.0115. The van der Waals surface area contributed by atoms with Gasteiger partial charge >= 0.3 is 6.09 Å². The third-order valence-corrected chi connectivity index (χ3v) is 9.70. The second kappa shape index (κ2) is 18.3. The van der Waals surface area contributed by atoms with Gasteiger partial charge in [0.1, 0.15) is 30.0 Å². The molecule has 2 saturated heterocycles.